The van der Waals surface area contributed by atoms with Crippen LogP contribution in [0.4, 0.5) is 0 Å². The summed E-state index contributed by atoms with van der Waals surface area (Å²) in [6, 6.07) is 3.95. The first kappa shape index (κ1) is 9.80. The quantitative estimate of drug-likeness (QED) is 0.508. The third-order valence-corrected chi connectivity index (χ3v) is 2.03. The highest BCUT2D eigenvalue weighted by atomic mass is 127. The number of nitrogens with one attached hydrogen (secondary N) is 1. The zero-order chi connectivity index (χ0) is 8.81. The lowest BCUT2D eigenvalue weighted by atomic mass is 10.4. The fraction of sp³-hybridized carbons (Fsp3) is 0.333. The lowest BCUT2D eigenvalue weighted by Gasteiger charge is -1.98. The first-order valence-corrected chi connectivity index (χ1v) is 4.96. The van der Waals surface area contributed by atoms with Gasteiger partial charge >= 0.3 is 0 Å². The first-order chi connectivity index (χ1) is 5.83. The maximum Gasteiger partial charge on any atom is 0.164 e. The molecule has 66 valence electrons. The van der Waals surface area contributed by atoms with Crippen molar-refractivity contribution in [2.75, 3.05) is 6.54 Å². The van der Waals surface area contributed by atoms with Crippen LogP contribution in [0.25, 0.3) is 0 Å². The van der Waals surface area contributed by atoms with Gasteiger partial charge in [-0.2, -0.15) is 0 Å². The third-order valence-electron chi connectivity index (χ3n) is 1.45. The molecule has 0 aliphatic heterocycles. The molecule has 1 rings (SSSR count). The summed E-state index contributed by atoms with van der Waals surface area (Å²) in [5, 5.41) is 3.25. The van der Waals surface area contributed by atoms with E-state index in [2.05, 4.69) is 34.5 Å². The molecule has 0 saturated carbocycles. The van der Waals surface area contributed by atoms with E-state index >= 15 is 0 Å². The Hall–Kier alpha value is -0.290. The Bertz CT molecular complexity index is 244. The lowest BCUT2D eigenvalue weighted by Crippen LogP contribution is -2.13. The van der Waals surface area contributed by atoms with Crippen molar-refractivity contribution >= 4 is 22.6 Å². The number of furan rings is 1. The minimum atomic E-state index is 0.802. The molecular formula is C9H12INO. The Morgan fingerprint density at radius 1 is 1.58 bits per heavy atom. The molecule has 3 heteroatoms. The minimum Gasteiger partial charge on any atom is -0.454 e. The van der Waals surface area contributed by atoms with Crippen LogP contribution in [0.2, 0.25) is 0 Å². The standard InChI is InChI=1S/C9H12INO/c1-2-3-6-11-7-8-4-5-9(10)12-8/h2,4-5,11H,1,3,6-7H2. The van der Waals surface area contributed by atoms with E-state index in [1.165, 1.54) is 0 Å². The van der Waals surface area contributed by atoms with Gasteiger partial charge in [0.15, 0.2) is 3.77 Å². The maximum absolute atomic E-state index is 5.36. The summed E-state index contributed by atoms with van der Waals surface area (Å²) in [5.74, 6) is 0.989. The van der Waals surface area contributed by atoms with Gasteiger partial charge in [-0.25, -0.2) is 0 Å². The molecule has 0 bridgehead atoms. The van der Waals surface area contributed by atoms with Gasteiger partial charge in [0, 0.05) is 0 Å². The minimum absolute atomic E-state index is 0.802. The van der Waals surface area contributed by atoms with Gasteiger partial charge in [0.05, 0.1) is 6.54 Å². The highest BCUT2D eigenvalue weighted by Gasteiger charge is 1.96. The number of halogens is 1. The summed E-state index contributed by atoms with van der Waals surface area (Å²) in [7, 11) is 0. The predicted molar refractivity (Wildman–Crippen MR) is 57.9 cm³/mol. The van der Waals surface area contributed by atoms with Crippen LogP contribution in [-0.2, 0) is 6.54 Å². The second-order valence-corrected chi connectivity index (χ2v) is 3.52. The van der Waals surface area contributed by atoms with Gasteiger partial charge in [0.2, 0.25) is 0 Å². The van der Waals surface area contributed by atoms with E-state index in [1.54, 1.807) is 0 Å². The van der Waals surface area contributed by atoms with Crippen molar-refractivity contribution in [2.45, 2.75) is 13.0 Å². The Balaban J connectivity index is 2.19. The molecule has 0 unspecified atom stereocenters. The van der Waals surface area contributed by atoms with Gasteiger partial charge in [0.25, 0.3) is 0 Å². The Morgan fingerprint density at radius 2 is 2.42 bits per heavy atom. The van der Waals surface area contributed by atoms with Gasteiger partial charge in [-0.15, -0.1) is 6.58 Å². The van der Waals surface area contributed by atoms with E-state index in [1.807, 2.05) is 18.2 Å². The van der Waals surface area contributed by atoms with Crippen LogP contribution in [0.1, 0.15) is 12.2 Å². The molecule has 12 heavy (non-hydrogen) atoms. The SMILES string of the molecule is C=CCCNCc1ccc(I)o1. The van der Waals surface area contributed by atoms with Crippen LogP contribution in [0, 0.1) is 3.77 Å². The Kier molecular flexibility index (Phi) is 4.39. The molecular weight excluding hydrogens is 265 g/mol. The van der Waals surface area contributed by atoms with E-state index in [-0.39, 0.29) is 0 Å². The van der Waals surface area contributed by atoms with Gasteiger partial charge in [-0.05, 0) is 47.7 Å². The van der Waals surface area contributed by atoms with E-state index in [4.69, 9.17) is 4.42 Å². The van der Waals surface area contributed by atoms with Gasteiger partial charge in [-0.3, -0.25) is 0 Å². The molecule has 0 amide bonds. The van der Waals surface area contributed by atoms with Crippen LogP contribution in [0.15, 0.2) is 29.2 Å². The molecule has 0 aliphatic carbocycles. The van der Waals surface area contributed by atoms with Crippen molar-refractivity contribution in [3.63, 3.8) is 0 Å². The smallest absolute Gasteiger partial charge is 0.164 e. The van der Waals surface area contributed by atoms with Crippen molar-refractivity contribution in [1.29, 1.82) is 0 Å². The topological polar surface area (TPSA) is 25.2 Å². The highest BCUT2D eigenvalue weighted by molar-refractivity contribution is 14.1. The predicted octanol–water partition coefficient (Wildman–Crippen LogP) is 2.55. The van der Waals surface area contributed by atoms with E-state index in [0.717, 1.165) is 29.0 Å². The molecule has 0 atom stereocenters. The summed E-state index contributed by atoms with van der Waals surface area (Å²) >= 11 is 2.16. The lowest BCUT2D eigenvalue weighted by molar-refractivity contribution is 0.465. The van der Waals surface area contributed by atoms with Crippen molar-refractivity contribution in [3.05, 3.63) is 34.3 Å². The second-order valence-electron chi connectivity index (χ2n) is 2.46. The fourth-order valence-corrected chi connectivity index (χ4v) is 1.33. The average molecular weight is 277 g/mol. The fourth-order valence-electron chi connectivity index (χ4n) is 0.862. The van der Waals surface area contributed by atoms with E-state index < -0.39 is 0 Å². The summed E-state index contributed by atoms with van der Waals surface area (Å²) in [6.45, 7) is 5.41. The summed E-state index contributed by atoms with van der Waals surface area (Å²) < 4.78 is 6.30. The molecule has 0 spiro atoms. The van der Waals surface area contributed by atoms with Crippen LogP contribution in [0.5, 0.6) is 0 Å². The van der Waals surface area contributed by atoms with Crippen molar-refractivity contribution < 1.29 is 4.42 Å². The van der Waals surface area contributed by atoms with Crippen molar-refractivity contribution in [3.8, 4) is 0 Å². The molecule has 1 N–H and O–H groups in total. The number of rotatable bonds is 5. The summed E-state index contributed by atoms with van der Waals surface area (Å²) in [6.07, 6.45) is 2.90. The molecule has 2 nitrogen and oxygen atoms in total. The molecule has 1 heterocycles. The van der Waals surface area contributed by atoms with E-state index in [9.17, 15) is 0 Å². The summed E-state index contributed by atoms with van der Waals surface area (Å²) in [5.41, 5.74) is 0. The van der Waals surface area contributed by atoms with Crippen LogP contribution >= 0.6 is 22.6 Å². The second kappa shape index (κ2) is 5.37. The molecule has 0 aromatic carbocycles. The molecule has 0 aliphatic rings. The van der Waals surface area contributed by atoms with Crippen molar-refractivity contribution in [2.24, 2.45) is 0 Å². The molecule has 0 fully saturated rings. The zero-order valence-electron chi connectivity index (χ0n) is 6.85. The normalized spacial score (nSPS) is 10.1. The van der Waals surface area contributed by atoms with Crippen LogP contribution < -0.4 is 5.32 Å². The van der Waals surface area contributed by atoms with E-state index in [0.29, 0.717) is 0 Å². The van der Waals surface area contributed by atoms with Crippen LogP contribution in [-0.4, -0.2) is 6.54 Å². The van der Waals surface area contributed by atoms with Gasteiger partial charge in [-0.1, -0.05) is 6.08 Å². The highest BCUT2D eigenvalue weighted by Crippen LogP contribution is 2.09. The summed E-state index contributed by atoms with van der Waals surface area (Å²) in [4.78, 5) is 0. The Labute approximate surface area is 86.2 Å². The Morgan fingerprint density at radius 3 is 3.00 bits per heavy atom. The van der Waals surface area contributed by atoms with Gasteiger partial charge < -0.3 is 9.73 Å². The van der Waals surface area contributed by atoms with Crippen LogP contribution in [0.3, 0.4) is 0 Å². The molecule has 0 radical (unpaired) electrons. The maximum atomic E-state index is 5.36. The molecule has 1 aromatic heterocycles. The first-order valence-electron chi connectivity index (χ1n) is 3.89. The van der Waals surface area contributed by atoms with Crippen molar-refractivity contribution in [1.82, 2.24) is 5.32 Å². The van der Waals surface area contributed by atoms with Gasteiger partial charge in [0.1, 0.15) is 5.76 Å². The average Bonchev–Trinajstić information content (AvgIpc) is 2.45. The third kappa shape index (κ3) is 3.40. The number of hydrogen-bond acceptors (Lipinski definition) is 2. The largest absolute Gasteiger partial charge is 0.454 e. The molecule has 1 aromatic rings. The number of hydrogen-bond donors (Lipinski definition) is 1. The molecule has 0 saturated heterocycles. The zero-order valence-corrected chi connectivity index (χ0v) is 9.00. The monoisotopic (exact) mass is 277 g/mol.